The van der Waals surface area contributed by atoms with Gasteiger partial charge >= 0.3 is 0 Å². The number of benzene rings is 3. The average molecular weight is 564 g/mol. The standard InChI is InChI=1S/C29H33N5O5S/c1-19(21-9-6-5-7-10-21)18-29(3,4)28(37)32-24-12-8-11-23(17-24)31-27(36)26(20(2)35)34-33-22-13-15-25(16-14-22)40(30,38)39/h5-17,19,35H,18H2,1-4H3,(H,31,36)(H,32,37)(H2,30,38,39). The molecule has 2 amide bonds. The van der Waals surface area contributed by atoms with Gasteiger partial charge in [-0.15, -0.1) is 5.11 Å². The second kappa shape index (κ2) is 12.7. The van der Waals surface area contributed by atoms with E-state index < -0.39 is 21.3 Å². The lowest BCUT2D eigenvalue weighted by molar-refractivity contribution is -0.124. The van der Waals surface area contributed by atoms with Crippen LogP contribution in [0, 0.1) is 5.41 Å². The van der Waals surface area contributed by atoms with Gasteiger partial charge in [0.25, 0.3) is 5.91 Å². The summed E-state index contributed by atoms with van der Waals surface area (Å²) in [4.78, 5) is 25.9. The predicted octanol–water partition coefficient (Wildman–Crippen LogP) is 6.00. The highest BCUT2D eigenvalue weighted by Gasteiger charge is 2.30. The summed E-state index contributed by atoms with van der Waals surface area (Å²) in [6.45, 7) is 7.16. The topological polar surface area (TPSA) is 163 Å². The summed E-state index contributed by atoms with van der Waals surface area (Å²) in [5, 5.41) is 28.4. The molecular weight excluding hydrogens is 530 g/mol. The molecule has 1 unspecified atom stereocenters. The number of nitrogens with zero attached hydrogens (tertiary/aromatic N) is 2. The molecule has 0 saturated carbocycles. The van der Waals surface area contributed by atoms with Crippen molar-refractivity contribution >= 4 is 38.9 Å². The Morgan fingerprint density at radius 2 is 1.55 bits per heavy atom. The minimum absolute atomic E-state index is 0.0978. The Balaban J connectivity index is 1.67. The Bertz CT molecular complexity index is 1530. The lowest BCUT2D eigenvalue weighted by Gasteiger charge is -2.27. The minimum atomic E-state index is -3.86. The first-order valence-corrected chi connectivity index (χ1v) is 14.0. The quantitative estimate of drug-likeness (QED) is 0.135. The molecule has 0 aliphatic carbocycles. The van der Waals surface area contributed by atoms with Crippen LogP contribution in [0.2, 0.25) is 0 Å². The fourth-order valence-electron chi connectivity index (χ4n) is 4.02. The molecule has 0 saturated heterocycles. The average Bonchev–Trinajstić information content (AvgIpc) is 2.89. The van der Waals surface area contributed by atoms with Crippen LogP contribution in [-0.4, -0.2) is 25.3 Å². The van der Waals surface area contributed by atoms with Gasteiger partial charge < -0.3 is 15.7 Å². The zero-order valence-electron chi connectivity index (χ0n) is 22.8. The number of aliphatic hydroxyl groups is 1. The van der Waals surface area contributed by atoms with E-state index in [2.05, 4.69) is 27.8 Å². The summed E-state index contributed by atoms with van der Waals surface area (Å²) in [6, 6.07) is 21.8. The van der Waals surface area contributed by atoms with Crippen molar-refractivity contribution in [2.75, 3.05) is 10.6 Å². The Morgan fingerprint density at radius 3 is 2.12 bits per heavy atom. The van der Waals surface area contributed by atoms with Crippen LogP contribution < -0.4 is 15.8 Å². The molecule has 10 nitrogen and oxygen atoms in total. The van der Waals surface area contributed by atoms with Gasteiger partial charge in [-0.1, -0.05) is 57.2 Å². The van der Waals surface area contributed by atoms with Crippen molar-refractivity contribution in [3.8, 4) is 0 Å². The van der Waals surface area contributed by atoms with E-state index in [1.807, 2.05) is 44.2 Å². The van der Waals surface area contributed by atoms with Crippen molar-refractivity contribution in [3.63, 3.8) is 0 Å². The third-order valence-electron chi connectivity index (χ3n) is 6.17. The molecule has 3 rings (SSSR count). The number of aliphatic hydroxyl groups excluding tert-OH is 1. The van der Waals surface area contributed by atoms with Crippen molar-refractivity contribution in [1.29, 1.82) is 0 Å². The van der Waals surface area contributed by atoms with Crippen LogP contribution in [-0.2, 0) is 19.6 Å². The monoisotopic (exact) mass is 563 g/mol. The third kappa shape index (κ3) is 8.32. The van der Waals surface area contributed by atoms with E-state index in [-0.39, 0.29) is 33.9 Å². The maximum Gasteiger partial charge on any atom is 0.279 e. The maximum absolute atomic E-state index is 13.1. The van der Waals surface area contributed by atoms with Gasteiger partial charge in [-0.05, 0) is 67.3 Å². The van der Waals surface area contributed by atoms with Gasteiger partial charge in [-0.3, -0.25) is 9.59 Å². The summed E-state index contributed by atoms with van der Waals surface area (Å²) >= 11 is 0. The van der Waals surface area contributed by atoms with Crippen molar-refractivity contribution < 1.29 is 23.1 Å². The van der Waals surface area contributed by atoms with Crippen molar-refractivity contribution in [3.05, 3.63) is 95.9 Å². The van der Waals surface area contributed by atoms with Gasteiger partial charge in [0.2, 0.25) is 15.9 Å². The largest absolute Gasteiger partial charge is 0.510 e. The number of carbonyl (C=O) groups is 2. The molecule has 3 aromatic carbocycles. The van der Waals surface area contributed by atoms with Gasteiger partial charge in [0.15, 0.2) is 5.70 Å². The fourth-order valence-corrected chi connectivity index (χ4v) is 4.53. The zero-order chi connectivity index (χ0) is 29.5. The normalized spacial score (nSPS) is 13.4. The highest BCUT2D eigenvalue weighted by Crippen LogP contribution is 2.33. The van der Waals surface area contributed by atoms with Crippen LogP contribution in [0.1, 0.15) is 45.6 Å². The van der Waals surface area contributed by atoms with E-state index in [0.717, 1.165) is 5.56 Å². The molecule has 40 heavy (non-hydrogen) atoms. The Labute approximate surface area is 234 Å². The summed E-state index contributed by atoms with van der Waals surface area (Å²) < 4.78 is 22.8. The molecule has 3 aromatic rings. The second-order valence-corrected chi connectivity index (χ2v) is 11.6. The van der Waals surface area contributed by atoms with Gasteiger partial charge in [-0.2, -0.15) is 5.11 Å². The first kappa shape index (κ1) is 30.2. The van der Waals surface area contributed by atoms with Crippen LogP contribution in [0.4, 0.5) is 17.1 Å². The molecule has 210 valence electrons. The summed E-state index contributed by atoms with van der Waals surface area (Å²) in [5.74, 6) is -1.08. The molecule has 0 aliphatic rings. The molecule has 0 fully saturated rings. The number of carbonyl (C=O) groups excluding carboxylic acids is 2. The van der Waals surface area contributed by atoms with E-state index in [9.17, 15) is 23.1 Å². The van der Waals surface area contributed by atoms with Crippen LogP contribution in [0.3, 0.4) is 0 Å². The number of rotatable bonds is 10. The smallest absolute Gasteiger partial charge is 0.279 e. The lowest BCUT2D eigenvalue weighted by Crippen LogP contribution is -2.32. The summed E-state index contributed by atoms with van der Waals surface area (Å²) in [6.07, 6.45) is 0.638. The summed E-state index contributed by atoms with van der Waals surface area (Å²) in [5.41, 5.74) is 1.25. The first-order chi connectivity index (χ1) is 18.8. The number of nitrogens with two attached hydrogens (primary N) is 1. The van der Waals surface area contributed by atoms with Crippen LogP contribution in [0.5, 0.6) is 0 Å². The summed E-state index contributed by atoms with van der Waals surface area (Å²) in [7, 11) is -3.86. The SMILES string of the molecule is CC(O)=C(N=Nc1ccc(S(N)(=O)=O)cc1)C(=O)Nc1cccc(NC(=O)C(C)(C)CC(C)c2ccccc2)c1. The molecule has 11 heteroatoms. The van der Waals surface area contributed by atoms with E-state index in [1.54, 1.807) is 24.3 Å². The van der Waals surface area contributed by atoms with E-state index >= 15 is 0 Å². The Morgan fingerprint density at radius 1 is 0.950 bits per heavy atom. The molecule has 0 radical (unpaired) electrons. The number of hydrogen-bond acceptors (Lipinski definition) is 7. The Hall–Kier alpha value is -4.35. The molecule has 0 aliphatic heterocycles. The minimum Gasteiger partial charge on any atom is -0.510 e. The van der Waals surface area contributed by atoms with Crippen molar-refractivity contribution in [2.24, 2.45) is 20.8 Å². The number of primary sulfonamides is 1. The molecule has 0 aromatic heterocycles. The van der Waals surface area contributed by atoms with E-state index in [4.69, 9.17) is 5.14 Å². The lowest BCUT2D eigenvalue weighted by atomic mass is 9.80. The molecular formula is C29H33N5O5S. The zero-order valence-corrected chi connectivity index (χ0v) is 23.6. The first-order valence-electron chi connectivity index (χ1n) is 12.5. The number of azo groups is 1. The number of amides is 2. The van der Waals surface area contributed by atoms with Gasteiger partial charge in [0.05, 0.1) is 10.6 Å². The Kier molecular flexibility index (Phi) is 9.56. The van der Waals surface area contributed by atoms with E-state index in [1.165, 1.54) is 31.2 Å². The number of anilines is 2. The molecule has 1 atom stereocenters. The van der Waals surface area contributed by atoms with Crippen molar-refractivity contribution in [2.45, 2.75) is 44.9 Å². The molecule has 0 spiro atoms. The highest BCUT2D eigenvalue weighted by atomic mass is 32.2. The predicted molar refractivity (Wildman–Crippen MR) is 155 cm³/mol. The number of sulfonamides is 1. The molecule has 0 bridgehead atoms. The number of nitrogens with one attached hydrogen (secondary N) is 2. The molecule has 0 heterocycles. The van der Waals surface area contributed by atoms with Gasteiger partial charge in [-0.25, -0.2) is 13.6 Å². The number of hydrogen-bond donors (Lipinski definition) is 4. The second-order valence-electron chi connectivity index (χ2n) is 10.1. The van der Waals surface area contributed by atoms with Crippen LogP contribution in [0.15, 0.2) is 105 Å². The van der Waals surface area contributed by atoms with E-state index in [0.29, 0.717) is 17.8 Å². The van der Waals surface area contributed by atoms with Crippen LogP contribution in [0.25, 0.3) is 0 Å². The van der Waals surface area contributed by atoms with Gasteiger partial charge in [0, 0.05) is 16.8 Å². The molecule has 5 N–H and O–H groups in total. The van der Waals surface area contributed by atoms with Crippen LogP contribution >= 0.6 is 0 Å². The highest BCUT2D eigenvalue weighted by molar-refractivity contribution is 7.89. The van der Waals surface area contributed by atoms with Crippen molar-refractivity contribution in [1.82, 2.24) is 0 Å². The third-order valence-corrected chi connectivity index (χ3v) is 7.10. The number of allylic oxidation sites excluding steroid dienone is 1. The fraction of sp³-hybridized carbons (Fsp3) is 0.241. The maximum atomic E-state index is 13.1. The van der Waals surface area contributed by atoms with Gasteiger partial charge in [0.1, 0.15) is 5.76 Å².